The van der Waals surface area contributed by atoms with Crippen molar-refractivity contribution in [2.24, 2.45) is 11.5 Å². The van der Waals surface area contributed by atoms with E-state index in [1.54, 1.807) is 44.2 Å². The molecule has 1 aliphatic rings. The van der Waals surface area contributed by atoms with Gasteiger partial charge < -0.3 is 47.5 Å². The Balaban J connectivity index is 1.55. The van der Waals surface area contributed by atoms with Crippen molar-refractivity contribution >= 4 is 29.5 Å². The lowest BCUT2D eigenvalue weighted by Crippen LogP contribution is -2.56. The summed E-state index contributed by atoms with van der Waals surface area (Å²) in [5.41, 5.74) is 16.1. The van der Waals surface area contributed by atoms with Gasteiger partial charge in [-0.25, -0.2) is 9.97 Å². The monoisotopic (exact) mass is 832 g/mol. The molecule has 0 spiro atoms. The maximum Gasteiger partial charge on any atom is 0.255 e. The molecule has 0 fully saturated rings. The summed E-state index contributed by atoms with van der Waals surface area (Å²) in [4.78, 5) is 80.1. The van der Waals surface area contributed by atoms with Gasteiger partial charge in [-0.05, 0) is 81.1 Å². The maximum absolute atomic E-state index is 14.6. The number of nitriles is 1. The molecule has 9 N–H and O–H groups in total. The minimum absolute atomic E-state index is 0.00406. The molecular weight excluding hydrogens is 781 g/mol. The van der Waals surface area contributed by atoms with Crippen molar-refractivity contribution in [3.8, 4) is 40.1 Å². The number of aromatic nitrogens is 2. The van der Waals surface area contributed by atoms with Gasteiger partial charge in [-0.15, -0.1) is 0 Å². The average Bonchev–Trinajstić information content (AvgIpc) is 3.24. The molecule has 0 aliphatic carbocycles. The van der Waals surface area contributed by atoms with E-state index in [1.165, 1.54) is 20.0 Å². The number of hydrogen-bond donors (Lipinski definition) is 7. The molecule has 5 rings (SSSR count). The van der Waals surface area contributed by atoms with Crippen LogP contribution >= 0.6 is 0 Å². The van der Waals surface area contributed by atoms with Gasteiger partial charge in [-0.1, -0.05) is 43.3 Å². The first-order valence-electron chi connectivity index (χ1n) is 20.0. The van der Waals surface area contributed by atoms with Gasteiger partial charge in [0.15, 0.2) is 5.82 Å². The van der Waals surface area contributed by atoms with Crippen molar-refractivity contribution in [2.45, 2.75) is 71.1 Å². The third-order valence-electron chi connectivity index (χ3n) is 10.4. The van der Waals surface area contributed by atoms with Crippen molar-refractivity contribution in [3.05, 3.63) is 94.3 Å². The van der Waals surface area contributed by atoms with Gasteiger partial charge in [0.05, 0.1) is 23.0 Å². The third kappa shape index (κ3) is 10.7. The average molecular weight is 833 g/mol. The number of carbonyl (C=O) groups is 5. The van der Waals surface area contributed by atoms with E-state index in [0.717, 1.165) is 22.4 Å². The number of phenolic OH excluding ortho intramolecular Hbond substituents is 1. The molecule has 4 atom stereocenters. The number of benzene rings is 3. The minimum Gasteiger partial charge on any atom is -0.507 e. The van der Waals surface area contributed by atoms with Gasteiger partial charge in [0.25, 0.3) is 5.91 Å². The summed E-state index contributed by atoms with van der Waals surface area (Å²) in [7, 11) is 1.39. The topological polar surface area (TPSA) is 268 Å². The molecule has 320 valence electrons. The number of ether oxygens (including phenoxy) is 1. The van der Waals surface area contributed by atoms with Crippen LogP contribution in [0.4, 0.5) is 0 Å². The molecule has 4 bridgehead atoms. The number of nitrogens with one attached hydrogen (secondary N) is 4. The van der Waals surface area contributed by atoms with Gasteiger partial charge in [-0.2, -0.15) is 5.26 Å². The summed E-state index contributed by atoms with van der Waals surface area (Å²) in [6.45, 7) is 6.81. The molecule has 1 aromatic heterocycles. The number of hydrogen-bond acceptors (Lipinski definition) is 12. The predicted octanol–water partition coefficient (Wildman–Crippen LogP) is 1.87. The van der Waals surface area contributed by atoms with Gasteiger partial charge >= 0.3 is 0 Å². The zero-order valence-electron chi connectivity index (χ0n) is 34.9. The fourth-order valence-corrected chi connectivity index (χ4v) is 7.14. The van der Waals surface area contributed by atoms with Crippen molar-refractivity contribution < 1.29 is 33.8 Å². The van der Waals surface area contributed by atoms with E-state index in [0.29, 0.717) is 34.1 Å². The third-order valence-corrected chi connectivity index (χ3v) is 10.4. The van der Waals surface area contributed by atoms with Gasteiger partial charge in [0.1, 0.15) is 48.8 Å². The smallest absolute Gasteiger partial charge is 0.255 e. The van der Waals surface area contributed by atoms with E-state index in [-0.39, 0.29) is 61.5 Å². The number of amides is 5. The van der Waals surface area contributed by atoms with Crippen molar-refractivity contribution in [3.63, 3.8) is 0 Å². The Labute approximate surface area is 354 Å². The number of phenols is 1. The molecule has 0 saturated carbocycles. The van der Waals surface area contributed by atoms with Crippen molar-refractivity contribution in [1.29, 1.82) is 5.26 Å². The molecular formula is C44H52N10O7. The fourth-order valence-electron chi connectivity index (χ4n) is 7.14. The maximum atomic E-state index is 14.6. The summed E-state index contributed by atoms with van der Waals surface area (Å²) in [5, 5.41) is 30.9. The lowest BCUT2D eigenvalue weighted by molar-refractivity contribution is -0.141. The Morgan fingerprint density at radius 1 is 0.984 bits per heavy atom. The summed E-state index contributed by atoms with van der Waals surface area (Å²) < 4.78 is 5.97. The lowest BCUT2D eigenvalue weighted by Gasteiger charge is -2.32. The zero-order chi connectivity index (χ0) is 44.4. The molecule has 5 amide bonds. The van der Waals surface area contributed by atoms with Crippen LogP contribution in [-0.4, -0.2) is 101 Å². The normalized spacial score (nSPS) is 16.8. The molecule has 17 heteroatoms. The van der Waals surface area contributed by atoms with Crippen molar-refractivity contribution in [1.82, 2.24) is 36.1 Å². The molecule has 0 radical (unpaired) electrons. The minimum atomic E-state index is -1.42. The zero-order valence-corrected chi connectivity index (χ0v) is 34.9. The highest BCUT2D eigenvalue weighted by Crippen LogP contribution is 2.39. The molecule has 4 unspecified atom stereocenters. The first-order chi connectivity index (χ1) is 29.2. The highest BCUT2D eigenvalue weighted by Gasteiger charge is 2.36. The number of aryl methyl sites for hydroxylation is 3. The second-order valence-electron chi connectivity index (χ2n) is 14.7. The SMILES string of the molecule is CCc1ccc(-c2nc(C)c(C(=O)NC(CCN)C(=O)N(C)C3C(=O)NC(C)C(=O)NC(C(=O)NCC#N)Cc4ccc(O)c(c4)-c4cc3ccc4OCCN)c(C)n2)cc1. The molecule has 0 saturated heterocycles. The summed E-state index contributed by atoms with van der Waals surface area (Å²) in [6, 6.07) is 14.0. The fraction of sp³-hybridized carbons (Fsp3) is 0.364. The van der Waals surface area contributed by atoms with E-state index in [4.69, 9.17) is 21.5 Å². The van der Waals surface area contributed by atoms with Crippen LogP contribution in [0.2, 0.25) is 0 Å². The summed E-state index contributed by atoms with van der Waals surface area (Å²) >= 11 is 0. The van der Waals surface area contributed by atoms with E-state index >= 15 is 0 Å². The van der Waals surface area contributed by atoms with Crippen LogP contribution in [0.1, 0.15) is 64.7 Å². The number of nitrogens with two attached hydrogens (primary N) is 2. The molecule has 4 aromatic rings. The number of aromatic hydroxyl groups is 1. The lowest BCUT2D eigenvalue weighted by atomic mass is 9.93. The highest BCUT2D eigenvalue weighted by atomic mass is 16.5. The highest BCUT2D eigenvalue weighted by molar-refractivity contribution is 6.00. The van der Waals surface area contributed by atoms with E-state index in [1.807, 2.05) is 30.3 Å². The molecule has 61 heavy (non-hydrogen) atoms. The van der Waals surface area contributed by atoms with Crippen LogP contribution < -0.4 is 37.5 Å². The number of likely N-dealkylation sites (N-methyl/N-ethyl adjacent to an activating group) is 1. The Morgan fingerprint density at radius 2 is 1.69 bits per heavy atom. The summed E-state index contributed by atoms with van der Waals surface area (Å²) in [6.07, 6.45) is 0.837. The second-order valence-corrected chi connectivity index (χ2v) is 14.7. The standard InChI is InChI=1S/C44H52N10O7/c1-6-27-7-10-29(11-8-27)39-49-24(2)37(25(3)50-39)42(58)52-33(15-16-45)44(60)54(5)38-30-12-14-36(61-20-18-47)32(23-30)31-21-28(9-13-35(31)55)22-34(41(57)48-19-17-46)53-40(56)26(4)51-43(38)59/h7-14,21,23,26,33-34,38,55H,6,15-16,18-20,22,45,47H2,1-5H3,(H,48,57)(H,51,59)(H,52,58)(H,53,56). The van der Waals surface area contributed by atoms with Gasteiger partial charge in [0.2, 0.25) is 23.6 Å². The molecule has 3 aromatic carbocycles. The van der Waals surface area contributed by atoms with Crippen molar-refractivity contribution in [2.75, 3.05) is 33.3 Å². The van der Waals surface area contributed by atoms with E-state index in [2.05, 4.69) is 38.2 Å². The quantitative estimate of drug-likeness (QED) is 0.0953. The first-order valence-corrected chi connectivity index (χ1v) is 20.0. The second kappa shape index (κ2) is 20.4. The number of fused-ring (bicyclic) bond motifs is 5. The Hall–Kier alpha value is -6.90. The van der Waals surface area contributed by atoms with Crippen LogP contribution in [-0.2, 0) is 32.0 Å². The van der Waals surface area contributed by atoms with Crippen LogP contribution in [0.25, 0.3) is 22.5 Å². The largest absolute Gasteiger partial charge is 0.507 e. The Morgan fingerprint density at radius 3 is 2.33 bits per heavy atom. The van der Waals surface area contributed by atoms with E-state index < -0.39 is 53.7 Å². The number of carbonyl (C=O) groups excluding carboxylic acids is 5. The van der Waals surface area contributed by atoms with Gasteiger partial charge in [0, 0.05) is 36.7 Å². The Bertz CT molecular complexity index is 2310. The first kappa shape index (κ1) is 45.2. The Kier molecular flexibility index (Phi) is 15.1. The predicted molar refractivity (Wildman–Crippen MR) is 227 cm³/mol. The molecule has 1 aliphatic heterocycles. The van der Waals surface area contributed by atoms with Crippen LogP contribution in [0.15, 0.2) is 60.7 Å². The molecule has 17 nitrogen and oxygen atoms in total. The van der Waals surface area contributed by atoms with Crippen LogP contribution in [0.5, 0.6) is 11.5 Å². The number of nitrogens with zero attached hydrogens (tertiary/aromatic N) is 4. The van der Waals surface area contributed by atoms with E-state index in [9.17, 15) is 29.1 Å². The van der Waals surface area contributed by atoms with Crippen LogP contribution in [0.3, 0.4) is 0 Å². The number of rotatable bonds is 13. The van der Waals surface area contributed by atoms with Crippen LogP contribution in [0, 0.1) is 25.2 Å². The summed E-state index contributed by atoms with van der Waals surface area (Å²) in [5.74, 6) is -2.84. The molecule has 2 heterocycles. The van der Waals surface area contributed by atoms with Gasteiger partial charge in [-0.3, -0.25) is 24.0 Å².